The summed E-state index contributed by atoms with van der Waals surface area (Å²) in [5, 5.41) is 4.24. The summed E-state index contributed by atoms with van der Waals surface area (Å²) in [6.45, 7) is 3.87. The molecule has 0 saturated carbocycles. The quantitative estimate of drug-likeness (QED) is 0.521. The molecular weight excluding hydrogens is 363 g/mol. The third kappa shape index (κ3) is 2.26. The molecule has 2 heterocycles. The summed E-state index contributed by atoms with van der Waals surface area (Å²) in [4.78, 5) is 9.16. The molecule has 22 heavy (non-hydrogen) atoms. The van der Waals surface area contributed by atoms with Crippen LogP contribution >= 0.6 is 46.1 Å². The summed E-state index contributed by atoms with van der Waals surface area (Å²) in [6.07, 6.45) is 1.46. The van der Waals surface area contributed by atoms with Crippen molar-refractivity contribution in [3.63, 3.8) is 0 Å². The van der Waals surface area contributed by atoms with Crippen molar-refractivity contribution in [1.82, 2.24) is 9.97 Å². The monoisotopic (exact) mass is 372 g/mol. The lowest BCUT2D eigenvalue weighted by atomic mass is 9.95. The largest absolute Gasteiger partial charge is 0.494 e. The van der Waals surface area contributed by atoms with Gasteiger partial charge in [-0.3, -0.25) is 0 Å². The van der Waals surface area contributed by atoms with Gasteiger partial charge in [-0.1, -0.05) is 34.8 Å². The molecule has 2 aromatic heterocycles. The second-order valence-electron chi connectivity index (χ2n) is 4.78. The summed E-state index contributed by atoms with van der Waals surface area (Å²) in [6, 6.07) is 0. The topological polar surface area (TPSA) is 35.0 Å². The van der Waals surface area contributed by atoms with Crippen molar-refractivity contribution in [2.45, 2.75) is 13.8 Å². The number of methoxy groups -OCH3 is 1. The maximum absolute atomic E-state index is 6.41. The van der Waals surface area contributed by atoms with E-state index in [4.69, 9.17) is 39.5 Å². The molecule has 114 valence electrons. The Morgan fingerprint density at radius 2 is 1.68 bits per heavy atom. The standard InChI is InChI=1S/C15H11Cl3N2OS/c1-6-9(7(2)12(17)13(21-3)11(6)16)8-4-22-15-10(8)14(18)19-5-20-15/h4-5H,1-3H3. The lowest BCUT2D eigenvalue weighted by Crippen LogP contribution is -1.96. The third-order valence-electron chi connectivity index (χ3n) is 3.60. The highest BCUT2D eigenvalue weighted by atomic mass is 35.5. The van der Waals surface area contributed by atoms with Crippen LogP contribution in [0.5, 0.6) is 5.75 Å². The van der Waals surface area contributed by atoms with Crippen LogP contribution in [0.15, 0.2) is 11.7 Å². The number of nitrogens with zero attached hydrogens (tertiary/aromatic N) is 2. The molecule has 0 aliphatic heterocycles. The molecule has 3 rings (SSSR count). The van der Waals surface area contributed by atoms with E-state index < -0.39 is 0 Å². The summed E-state index contributed by atoms with van der Waals surface area (Å²) >= 11 is 20.6. The molecule has 0 aliphatic rings. The first kappa shape index (κ1) is 15.8. The minimum Gasteiger partial charge on any atom is -0.494 e. The van der Waals surface area contributed by atoms with Crippen molar-refractivity contribution >= 4 is 56.4 Å². The number of halogens is 3. The Morgan fingerprint density at radius 3 is 2.27 bits per heavy atom. The van der Waals surface area contributed by atoms with Gasteiger partial charge in [-0.15, -0.1) is 11.3 Å². The van der Waals surface area contributed by atoms with Gasteiger partial charge >= 0.3 is 0 Å². The molecule has 0 atom stereocenters. The van der Waals surface area contributed by atoms with Crippen LogP contribution in [0.2, 0.25) is 15.2 Å². The molecule has 0 bridgehead atoms. The molecule has 1 aromatic carbocycles. The Balaban J connectivity index is 2.42. The minimum absolute atomic E-state index is 0.420. The van der Waals surface area contributed by atoms with E-state index in [2.05, 4.69) is 9.97 Å². The normalized spacial score (nSPS) is 11.2. The first-order chi connectivity index (χ1) is 10.5. The molecule has 0 unspecified atom stereocenters. The Labute approximate surface area is 146 Å². The molecule has 0 amide bonds. The number of rotatable bonds is 2. The van der Waals surface area contributed by atoms with Gasteiger partial charge in [0.15, 0.2) is 5.75 Å². The second-order valence-corrected chi connectivity index (χ2v) is 6.75. The van der Waals surface area contributed by atoms with Crippen molar-refractivity contribution in [3.8, 4) is 16.9 Å². The summed E-state index contributed by atoms with van der Waals surface area (Å²) in [5.41, 5.74) is 3.66. The Bertz CT molecular complexity index is 863. The van der Waals surface area contributed by atoms with E-state index in [0.29, 0.717) is 20.9 Å². The van der Waals surface area contributed by atoms with E-state index in [0.717, 1.165) is 32.5 Å². The number of thiophene rings is 1. The van der Waals surface area contributed by atoms with E-state index in [-0.39, 0.29) is 0 Å². The van der Waals surface area contributed by atoms with Gasteiger partial charge in [0.25, 0.3) is 0 Å². The predicted molar refractivity (Wildman–Crippen MR) is 93.9 cm³/mol. The van der Waals surface area contributed by atoms with Gasteiger partial charge in [0.05, 0.1) is 22.5 Å². The average Bonchev–Trinajstić information content (AvgIpc) is 2.92. The van der Waals surface area contributed by atoms with Gasteiger partial charge in [-0.2, -0.15) is 0 Å². The van der Waals surface area contributed by atoms with Crippen LogP contribution in [-0.4, -0.2) is 17.1 Å². The van der Waals surface area contributed by atoms with Crippen molar-refractivity contribution in [2.75, 3.05) is 7.11 Å². The summed E-state index contributed by atoms with van der Waals surface area (Å²) in [5.74, 6) is 0.490. The third-order valence-corrected chi connectivity index (χ3v) is 5.69. The first-order valence-electron chi connectivity index (χ1n) is 6.37. The van der Waals surface area contributed by atoms with Gasteiger partial charge in [0.2, 0.25) is 0 Å². The van der Waals surface area contributed by atoms with E-state index in [1.807, 2.05) is 19.2 Å². The fourth-order valence-electron chi connectivity index (χ4n) is 2.54. The molecule has 7 heteroatoms. The maximum atomic E-state index is 6.41. The van der Waals surface area contributed by atoms with E-state index >= 15 is 0 Å². The number of hydrogen-bond acceptors (Lipinski definition) is 4. The summed E-state index contributed by atoms with van der Waals surface area (Å²) < 4.78 is 5.31. The van der Waals surface area contributed by atoms with Crippen LogP contribution in [0.4, 0.5) is 0 Å². The molecule has 0 radical (unpaired) electrons. The van der Waals surface area contributed by atoms with Gasteiger partial charge in [0.1, 0.15) is 16.3 Å². The fourth-order valence-corrected chi connectivity index (χ4v) is 4.31. The SMILES string of the molecule is COc1c(Cl)c(C)c(-c2csc3ncnc(Cl)c23)c(C)c1Cl. The van der Waals surface area contributed by atoms with Gasteiger partial charge < -0.3 is 4.74 Å². The van der Waals surface area contributed by atoms with Crippen molar-refractivity contribution in [2.24, 2.45) is 0 Å². The van der Waals surface area contributed by atoms with Crippen molar-refractivity contribution in [1.29, 1.82) is 0 Å². The minimum atomic E-state index is 0.420. The molecule has 0 aliphatic carbocycles. The number of fused-ring (bicyclic) bond motifs is 1. The van der Waals surface area contributed by atoms with Gasteiger partial charge in [-0.25, -0.2) is 9.97 Å². The molecule has 3 aromatic rings. The second kappa shape index (κ2) is 5.85. The number of benzene rings is 1. The highest BCUT2D eigenvalue weighted by Gasteiger charge is 2.22. The number of aromatic nitrogens is 2. The highest BCUT2D eigenvalue weighted by molar-refractivity contribution is 7.17. The van der Waals surface area contributed by atoms with Crippen LogP contribution in [0.25, 0.3) is 21.3 Å². The Kier molecular flexibility index (Phi) is 4.21. The molecular formula is C15H11Cl3N2OS. The zero-order valence-electron chi connectivity index (χ0n) is 12.0. The van der Waals surface area contributed by atoms with E-state index in [1.165, 1.54) is 17.7 Å². The zero-order chi connectivity index (χ0) is 16.0. The first-order valence-corrected chi connectivity index (χ1v) is 8.38. The Morgan fingerprint density at radius 1 is 1.05 bits per heavy atom. The van der Waals surface area contributed by atoms with Crippen LogP contribution in [0, 0.1) is 13.8 Å². The molecule has 0 saturated heterocycles. The van der Waals surface area contributed by atoms with Crippen molar-refractivity contribution < 1.29 is 4.74 Å². The number of ether oxygens (including phenoxy) is 1. The van der Waals surface area contributed by atoms with E-state index in [9.17, 15) is 0 Å². The molecule has 0 fully saturated rings. The lowest BCUT2D eigenvalue weighted by molar-refractivity contribution is 0.414. The smallest absolute Gasteiger partial charge is 0.156 e. The summed E-state index contributed by atoms with van der Waals surface area (Å²) in [7, 11) is 1.55. The lowest BCUT2D eigenvalue weighted by Gasteiger charge is -2.17. The molecule has 3 nitrogen and oxygen atoms in total. The van der Waals surface area contributed by atoms with E-state index in [1.54, 1.807) is 7.11 Å². The van der Waals surface area contributed by atoms with Crippen LogP contribution < -0.4 is 4.74 Å². The van der Waals surface area contributed by atoms with Crippen LogP contribution in [-0.2, 0) is 0 Å². The Hall–Kier alpha value is -1.07. The average molecular weight is 374 g/mol. The number of hydrogen-bond donors (Lipinski definition) is 0. The highest BCUT2D eigenvalue weighted by Crippen LogP contribution is 2.47. The molecule has 0 N–H and O–H groups in total. The predicted octanol–water partition coefficient (Wildman–Crippen LogP) is 5.94. The van der Waals surface area contributed by atoms with Gasteiger partial charge in [-0.05, 0) is 30.5 Å². The zero-order valence-corrected chi connectivity index (χ0v) is 15.1. The van der Waals surface area contributed by atoms with Gasteiger partial charge in [0, 0.05) is 10.9 Å². The van der Waals surface area contributed by atoms with Crippen LogP contribution in [0.3, 0.4) is 0 Å². The van der Waals surface area contributed by atoms with Crippen LogP contribution in [0.1, 0.15) is 11.1 Å². The fraction of sp³-hybridized carbons (Fsp3) is 0.200. The van der Waals surface area contributed by atoms with Crippen molar-refractivity contribution in [3.05, 3.63) is 38.0 Å². The molecule has 0 spiro atoms. The maximum Gasteiger partial charge on any atom is 0.156 e.